The van der Waals surface area contributed by atoms with Crippen molar-refractivity contribution in [2.75, 3.05) is 38.2 Å². The maximum Gasteiger partial charge on any atom is 0.256 e. The molecule has 0 radical (unpaired) electrons. The lowest BCUT2D eigenvalue weighted by Gasteiger charge is -2.31. The molecule has 1 aromatic rings. The van der Waals surface area contributed by atoms with Gasteiger partial charge in [0.15, 0.2) is 0 Å². The number of ether oxygens (including phenoxy) is 2. The van der Waals surface area contributed by atoms with E-state index in [1.807, 2.05) is 31.2 Å². The van der Waals surface area contributed by atoms with E-state index in [0.717, 1.165) is 49.6 Å². The molecule has 0 bridgehead atoms. The number of amides is 1. The standard InChI is InChI=1S/C24H38N2O3/c1-3-29-24(14-6-4-5-7-15-24)23(27)25-21-10-12-22(13-11-21)28-18-17-26-16-8-9-20(2)19-26/h10-13,20H,3-9,14-19H2,1-2H3,(H,25,27)/t20-/m1/s1. The lowest BCUT2D eigenvalue weighted by molar-refractivity contribution is -0.143. The molecular formula is C24H38N2O3. The molecule has 1 amide bonds. The first-order valence-electron chi connectivity index (χ1n) is 11.5. The van der Waals surface area contributed by atoms with E-state index in [1.54, 1.807) is 0 Å². The number of hydrogen-bond donors (Lipinski definition) is 1. The molecule has 1 saturated heterocycles. The van der Waals surface area contributed by atoms with Crippen molar-refractivity contribution in [2.45, 2.75) is 70.8 Å². The number of rotatable bonds is 8. The van der Waals surface area contributed by atoms with Gasteiger partial charge in [-0.2, -0.15) is 0 Å². The van der Waals surface area contributed by atoms with Gasteiger partial charge in [-0.15, -0.1) is 0 Å². The molecule has 1 saturated carbocycles. The van der Waals surface area contributed by atoms with Crippen LogP contribution >= 0.6 is 0 Å². The lowest BCUT2D eigenvalue weighted by Crippen LogP contribution is -2.45. The second kappa shape index (κ2) is 11.0. The number of carbonyl (C=O) groups excluding carboxylic acids is 1. The van der Waals surface area contributed by atoms with E-state index in [-0.39, 0.29) is 5.91 Å². The third-order valence-corrected chi connectivity index (χ3v) is 6.28. The third kappa shape index (κ3) is 6.45. The summed E-state index contributed by atoms with van der Waals surface area (Å²) in [6.45, 7) is 8.89. The maximum absolute atomic E-state index is 13.0. The smallest absolute Gasteiger partial charge is 0.256 e. The van der Waals surface area contributed by atoms with E-state index in [2.05, 4.69) is 17.1 Å². The summed E-state index contributed by atoms with van der Waals surface area (Å²) in [4.78, 5) is 15.5. The van der Waals surface area contributed by atoms with Crippen LogP contribution in [-0.4, -0.2) is 49.3 Å². The van der Waals surface area contributed by atoms with Crippen LogP contribution in [0, 0.1) is 5.92 Å². The van der Waals surface area contributed by atoms with Gasteiger partial charge in [0.05, 0.1) is 0 Å². The molecule has 0 aromatic heterocycles. The van der Waals surface area contributed by atoms with Crippen LogP contribution in [0.2, 0.25) is 0 Å². The van der Waals surface area contributed by atoms with Crippen molar-refractivity contribution >= 4 is 11.6 Å². The molecule has 2 fully saturated rings. The topological polar surface area (TPSA) is 50.8 Å². The minimum atomic E-state index is -0.675. The van der Waals surface area contributed by atoms with Crippen molar-refractivity contribution in [1.29, 1.82) is 0 Å². The highest BCUT2D eigenvalue weighted by molar-refractivity contribution is 5.97. The Morgan fingerprint density at radius 1 is 1.14 bits per heavy atom. The zero-order valence-electron chi connectivity index (χ0n) is 18.3. The number of nitrogens with one attached hydrogen (secondary N) is 1. The monoisotopic (exact) mass is 402 g/mol. The molecule has 3 rings (SSSR count). The normalized spacial score (nSPS) is 22.6. The average Bonchev–Trinajstić information content (AvgIpc) is 2.96. The molecule has 1 aliphatic carbocycles. The van der Waals surface area contributed by atoms with Crippen molar-refractivity contribution in [3.63, 3.8) is 0 Å². The number of nitrogens with zero attached hydrogens (tertiary/aromatic N) is 1. The first-order valence-corrected chi connectivity index (χ1v) is 11.5. The Morgan fingerprint density at radius 2 is 1.86 bits per heavy atom. The highest BCUT2D eigenvalue weighted by atomic mass is 16.5. The summed E-state index contributed by atoms with van der Waals surface area (Å²) < 4.78 is 11.9. The second-order valence-corrected chi connectivity index (χ2v) is 8.72. The molecule has 1 atom stereocenters. The molecule has 0 unspecified atom stereocenters. The van der Waals surface area contributed by atoms with Gasteiger partial charge in [0, 0.05) is 25.4 Å². The van der Waals surface area contributed by atoms with Gasteiger partial charge in [-0.25, -0.2) is 0 Å². The van der Waals surface area contributed by atoms with Gasteiger partial charge in [0.2, 0.25) is 0 Å². The number of benzene rings is 1. The number of likely N-dealkylation sites (tertiary alicyclic amines) is 1. The van der Waals surface area contributed by atoms with Crippen LogP contribution in [0.4, 0.5) is 5.69 Å². The number of piperidine rings is 1. The van der Waals surface area contributed by atoms with E-state index in [0.29, 0.717) is 13.2 Å². The van der Waals surface area contributed by atoms with Crippen molar-refractivity contribution in [3.8, 4) is 5.75 Å². The number of carbonyl (C=O) groups is 1. The van der Waals surface area contributed by atoms with Gasteiger partial charge >= 0.3 is 0 Å². The molecule has 2 aliphatic rings. The van der Waals surface area contributed by atoms with Crippen molar-refractivity contribution < 1.29 is 14.3 Å². The highest BCUT2D eigenvalue weighted by Crippen LogP contribution is 2.32. The van der Waals surface area contributed by atoms with Crippen molar-refractivity contribution in [1.82, 2.24) is 4.90 Å². The Kier molecular flexibility index (Phi) is 8.37. The molecule has 1 N–H and O–H groups in total. The summed E-state index contributed by atoms with van der Waals surface area (Å²) in [6.07, 6.45) is 8.72. The molecule has 29 heavy (non-hydrogen) atoms. The van der Waals surface area contributed by atoms with E-state index < -0.39 is 5.60 Å². The Hall–Kier alpha value is -1.59. The molecule has 1 heterocycles. The summed E-state index contributed by atoms with van der Waals surface area (Å²) in [5, 5.41) is 3.08. The van der Waals surface area contributed by atoms with Crippen LogP contribution in [0.5, 0.6) is 5.75 Å². The number of anilines is 1. The summed E-state index contributed by atoms with van der Waals surface area (Å²) in [5.41, 5.74) is 0.127. The Balaban J connectivity index is 1.49. The molecule has 162 valence electrons. The van der Waals surface area contributed by atoms with Crippen LogP contribution in [0.25, 0.3) is 0 Å². The van der Waals surface area contributed by atoms with Crippen LogP contribution in [0.1, 0.15) is 65.2 Å². The summed E-state index contributed by atoms with van der Waals surface area (Å²) >= 11 is 0. The fourth-order valence-electron chi connectivity index (χ4n) is 4.67. The van der Waals surface area contributed by atoms with Gasteiger partial charge in [-0.05, 0) is 69.3 Å². The van der Waals surface area contributed by atoms with E-state index >= 15 is 0 Å². The highest BCUT2D eigenvalue weighted by Gasteiger charge is 2.39. The van der Waals surface area contributed by atoms with Gasteiger partial charge in [-0.1, -0.05) is 32.6 Å². The van der Waals surface area contributed by atoms with Crippen LogP contribution in [-0.2, 0) is 9.53 Å². The fraction of sp³-hybridized carbons (Fsp3) is 0.708. The molecular weight excluding hydrogens is 364 g/mol. The molecule has 5 nitrogen and oxygen atoms in total. The van der Waals surface area contributed by atoms with Crippen LogP contribution < -0.4 is 10.1 Å². The summed E-state index contributed by atoms with van der Waals surface area (Å²) in [6, 6.07) is 7.73. The van der Waals surface area contributed by atoms with Gasteiger partial charge in [-0.3, -0.25) is 9.69 Å². The Morgan fingerprint density at radius 3 is 2.52 bits per heavy atom. The summed E-state index contributed by atoms with van der Waals surface area (Å²) in [5.74, 6) is 1.64. The van der Waals surface area contributed by atoms with Gasteiger partial charge in [0.1, 0.15) is 18.0 Å². The molecule has 5 heteroatoms. The minimum Gasteiger partial charge on any atom is -0.492 e. The van der Waals surface area contributed by atoms with Crippen molar-refractivity contribution in [3.05, 3.63) is 24.3 Å². The zero-order chi connectivity index (χ0) is 20.5. The van der Waals surface area contributed by atoms with Crippen molar-refractivity contribution in [2.24, 2.45) is 5.92 Å². The predicted molar refractivity (Wildman–Crippen MR) is 117 cm³/mol. The van der Waals surface area contributed by atoms with E-state index in [9.17, 15) is 4.79 Å². The third-order valence-electron chi connectivity index (χ3n) is 6.28. The molecule has 1 aliphatic heterocycles. The Bertz CT molecular complexity index is 624. The fourth-order valence-corrected chi connectivity index (χ4v) is 4.67. The van der Waals surface area contributed by atoms with Gasteiger partial charge < -0.3 is 14.8 Å². The second-order valence-electron chi connectivity index (χ2n) is 8.72. The summed E-state index contributed by atoms with van der Waals surface area (Å²) in [7, 11) is 0. The van der Waals surface area contributed by atoms with Gasteiger partial charge in [0.25, 0.3) is 5.91 Å². The first kappa shape index (κ1) is 22.1. The van der Waals surface area contributed by atoms with E-state index in [4.69, 9.17) is 9.47 Å². The Labute approximate surface area is 176 Å². The SMILES string of the molecule is CCOC1(C(=O)Nc2ccc(OCCN3CCC[C@@H](C)C3)cc2)CCCCCC1. The molecule has 1 aromatic carbocycles. The predicted octanol–water partition coefficient (Wildman–Crippen LogP) is 4.87. The minimum absolute atomic E-state index is 0.00543. The molecule has 0 spiro atoms. The first-order chi connectivity index (χ1) is 14.1. The van der Waals surface area contributed by atoms with Crippen LogP contribution in [0.3, 0.4) is 0 Å². The van der Waals surface area contributed by atoms with Crippen LogP contribution in [0.15, 0.2) is 24.3 Å². The maximum atomic E-state index is 13.0. The number of hydrogen-bond acceptors (Lipinski definition) is 4. The average molecular weight is 403 g/mol. The van der Waals surface area contributed by atoms with E-state index in [1.165, 1.54) is 38.8 Å². The zero-order valence-corrected chi connectivity index (χ0v) is 18.3. The lowest BCUT2D eigenvalue weighted by atomic mass is 9.93. The quantitative estimate of drug-likeness (QED) is 0.631. The largest absolute Gasteiger partial charge is 0.492 e.